The summed E-state index contributed by atoms with van der Waals surface area (Å²) in [6.07, 6.45) is 6.88. The summed E-state index contributed by atoms with van der Waals surface area (Å²) < 4.78 is 7.44. The van der Waals surface area contributed by atoms with E-state index in [1.165, 1.54) is 0 Å². The number of nitrogens with one attached hydrogen (secondary N) is 2. The zero-order chi connectivity index (χ0) is 14.2. The molecule has 1 aliphatic rings. The zero-order valence-corrected chi connectivity index (χ0v) is 12.0. The SMILES string of the molecule is CC(C(=O)NCCCOC1CCNCC1)n1cccn1. The molecular weight excluding hydrogens is 256 g/mol. The molecule has 6 heteroatoms. The Morgan fingerprint density at radius 2 is 2.35 bits per heavy atom. The molecule has 0 spiro atoms. The van der Waals surface area contributed by atoms with Gasteiger partial charge >= 0.3 is 0 Å². The van der Waals surface area contributed by atoms with E-state index in [2.05, 4.69) is 15.7 Å². The molecule has 0 radical (unpaired) electrons. The van der Waals surface area contributed by atoms with E-state index in [0.29, 0.717) is 19.3 Å². The van der Waals surface area contributed by atoms with Gasteiger partial charge in [-0.2, -0.15) is 5.10 Å². The number of rotatable bonds is 7. The number of hydrogen-bond donors (Lipinski definition) is 2. The number of aromatic nitrogens is 2. The molecule has 1 aliphatic heterocycles. The van der Waals surface area contributed by atoms with Crippen molar-refractivity contribution < 1.29 is 9.53 Å². The van der Waals surface area contributed by atoms with Gasteiger partial charge in [-0.1, -0.05) is 0 Å². The van der Waals surface area contributed by atoms with Crippen LogP contribution in [-0.2, 0) is 9.53 Å². The van der Waals surface area contributed by atoms with E-state index < -0.39 is 0 Å². The normalized spacial score (nSPS) is 17.9. The summed E-state index contributed by atoms with van der Waals surface area (Å²) in [6, 6.07) is 1.55. The number of nitrogens with zero attached hydrogens (tertiary/aromatic N) is 2. The Hall–Kier alpha value is -1.40. The number of amides is 1. The smallest absolute Gasteiger partial charge is 0.244 e. The maximum Gasteiger partial charge on any atom is 0.244 e. The van der Waals surface area contributed by atoms with Crippen LogP contribution in [0.15, 0.2) is 18.5 Å². The number of carbonyl (C=O) groups is 1. The molecule has 1 aromatic heterocycles. The first kappa shape index (κ1) is 15.0. The first-order chi connectivity index (χ1) is 9.77. The lowest BCUT2D eigenvalue weighted by Gasteiger charge is -2.23. The van der Waals surface area contributed by atoms with Crippen LogP contribution in [0.5, 0.6) is 0 Å². The molecule has 112 valence electrons. The van der Waals surface area contributed by atoms with Crippen LogP contribution in [0.2, 0.25) is 0 Å². The fourth-order valence-corrected chi connectivity index (χ4v) is 2.27. The Balaban J connectivity index is 1.55. The van der Waals surface area contributed by atoms with Crippen LogP contribution in [0.4, 0.5) is 0 Å². The van der Waals surface area contributed by atoms with Crippen LogP contribution in [0, 0.1) is 0 Å². The molecule has 0 saturated carbocycles. The van der Waals surface area contributed by atoms with Gasteiger partial charge in [-0.15, -0.1) is 0 Å². The van der Waals surface area contributed by atoms with Gasteiger partial charge in [0.2, 0.25) is 5.91 Å². The molecule has 1 aromatic rings. The first-order valence-electron chi connectivity index (χ1n) is 7.36. The summed E-state index contributed by atoms with van der Waals surface area (Å²) in [5.74, 6) is -0.00411. The second-order valence-electron chi connectivity index (χ2n) is 5.13. The second kappa shape index (κ2) is 8.01. The van der Waals surface area contributed by atoms with Crippen molar-refractivity contribution in [3.05, 3.63) is 18.5 Å². The summed E-state index contributed by atoms with van der Waals surface area (Å²) in [4.78, 5) is 11.9. The highest BCUT2D eigenvalue weighted by Crippen LogP contribution is 2.07. The number of hydrogen-bond acceptors (Lipinski definition) is 4. The average Bonchev–Trinajstić information content (AvgIpc) is 3.01. The van der Waals surface area contributed by atoms with Crippen LogP contribution in [0.3, 0.4) is 0 Å². The molecule has 1 saturated heterocycles. The summed E-state index contributed by atoms with van der Waals surface area (Å²) >= 11 is 0. The minimum Gasteiger partial charge on any atom is -0.378 e. The maximum absolute atomic E-state index is 11.9. The number of piperidine rings is 1. The highest BCUT2D eigenvalue weighted by Gasteiger charge is 2.15. The first-order valence-corrected chi connectivity index (χ1v) is 7.36. The molecular formula is C14H24N4O2. The van der Waals surface area contributed by atoms with E-state index in [1.807, 2.05) is 13.0 Å². The predicted octanol–water partition coefficient (Wildman–Crippen LogP) is 0.719. The van der Waals surface area contributed by atoms with Gasteiger partial charge in [-0.05, 0) is 45.3 Å². The maximum atomic E-state index is 11.9. The third-order valence-corrected chi connectivity index (χ3v) is 3.56. The average molecular weight is 280 g/mol. The van der Waals surface area contributed by atoms with E-state index >= 15 is 0 Å². The molecule has 1 amide bonds. The topological polar surface area (TPSA) is 68.2 Å². The lowest BCUT2D eigenvalue weighted by molar-refractivity contribution is -0.124. The van der Waals surface area contributed by atoms with Crippen molar-refractivity contribution in [2.45, 2.75) is 38.3 Å². The lowest BCUT2D eigenvalue weighted by atomic mass is 10.1. The van der Waals surface area contributed by atoms with Crippen molar-refractivity contribution >= 4 is 5.91 Å². The van der Waals surface area contributed by atoms with Gasteiger partial charge in [0.1, 0.15) is 6.04 Å². The second-order valence-corrected chi connectivity index (χ2v) is 5.13. The summed E-state index contributed by atoms with van der Waals surface area (Å²) in [5.41, 5.74) is 0. The molecule has 2 heterocycles. The summed E-state index contributed by atoms with van der Waals surface area (Å²) in [7, 11) is 0. The van der Waals surface area contributed by atoms with Crippen LogP contribution in [-0.4, -0.2) is 48.0 Å². The van der Waals surface area contributed by atoms with Crippen molar-refractivity contribution in [1.82, 2.24) is 20.4 Å². The molecule has 0 bridgehead atoms. The van der Waals surface area contributed by atoms with Gasteiger partial charge in [0.25, 0.3) is 0 Å². The van der Waals surface area contributed by atoms with Gasteiger partial charge in [0.05, 0.1) is 6.10 Å². The highest BCUT2D eigenvalue weighted by molar-refractivity contribution is 5.79. The quantitative estimate of drug-likeness (QED) is 0.722. The third kappa shape index (κ3) is 4.61. The van der Waals surface area contributed by atoms with Gasteiger partial charge in [0.15, 0.2) is 0 Å². The molecule has 6 nitrogen and oxygen atoms in total. The molecule has 1 unspecified atom stereocenters. The van der Waals surface area contributed by atoms with Crippen LogP contribution >= 0.6 is 0 Å². The van der Waals surface area contributed by atoms with Crippen LogP contribution in [0.1, 0.15) is 32.2 Å². The van der Waals surface area contributed by atoms with Gasteiger partial charge in [0, 0.05) is 25.5 Å². The highest BCUT2D eigenvalue weighted by atomic mass is 16.5. The predicted molar refractivity (Wildman–Crippen MR) is 76.4 cm³/mol. The number of ether oxygens (including phenoxy) is 1. The van der Waals surface area contributed by atoms with Crippen molar-refractivity contribution in [1.29, 1.82) is 0 Å². The molecule has 2 N–H and O–H groups in total. The Morgan fingerprint density at radius 3 is 3.05 bits per heavy atom. The minimum absolute atomic E-state index is 0.00411. The zero-order valence-electron chi connectivity index (χ0n) is 12.0. The molecule has 0 aromatic carbocycles. The Kier molecular flexibility index (Phi) is 6.01. The lowest BCUT2D eigenvalue weighted by Crippen LogP contribution is -2.34. The Labute approximate surface area is 119 Å². The number of carbonyl (C=O) groups excluding carboxylic acids is 1. The summed E-state index contributed by atoms with van der Waals surface area (Å²) in [5, 5.41) is 10.3. The van der Waals surface area contributed by atoms with E-state index in [0.717, 1.165) is 32.4 Å². The van der Waals surface area contributed by atoms with E-state index in [9.17, 15) is 4.79 Å². The molecule has 1 atom stereocenters. The van der Waals surface area contributed by atoms with E-state index in [4.69, 9.17) is 4.74 Å². The monoisotopic (exact) mass is 280 g/mol. The van der Waals surface area contributed by atoms with E-state index in [1.54, 1.807) is 17.1 Å². The molecule has 20 heavy (non-hydrogen) atoms. The van der Waals surface area contributed by atoms with Crippen LogP contribution < -0.4 is 10.6 Å². The molecule has 2 rings (SSSR count). The molecule has 1 fully saturated rings. The van der Waals surface area contributed by atoms with Gasteiger partial charge in [-0.3, -0.25) is 9.48 Å². The molecule has 0 aliphatic carbocycles. The van der Waals surface area contributed by atoms with Crippen molar-refractivity contribution in [2.75, 3.05) is 26.2 Å². The largest absolute Gasteiger partial charge is 0.378 e. The van der Waals surface area contributed by atoms with Gasteiger partial charge < -0.3 is 15.4 Å². The van der Waals surface area contributed by atoms with Crippen molar-refractivity contribution in [3.8, 4) is 0 Å². The third-order valence-electron chi connectivity index (χ3n) is 3.56. The van der Waals surface area contributed by atoms with Gasteiger partial charge in [-0.25, -0.2) is 0 Å². The summed E-state index contributed by atoms with van der Waals surface area (Å²) in [6.45, 7) is 5.29. The Morgan fingerprint density at radius 1 is 1.55 bits per heavy atom. The van der Waals surface area contributed by atoms with E-state index in [-0.39, 0.29) is 11.9 Å². The Bertz CT molecular complexity index is 388. The fourth-order valence-electron chi connectivity index (χ4n) is 2.27. The fraction of sp³-hybridized carbons (Fsp3) is 0.714. The minimum atomic E-state index is -0.268. The van der Waals surface area contributed by atoms with Crippen LogP contribution in [0.25, 0.3) is 0 Å². The standard InChI is InChI=1S/C14H24N4O2/c1-12(18-10-2-7-17-18)14(19)16-6-3-11-20-13-4-8-15-9-5-13/h2,7,10,12-13,15H,3-6,8-9,11H2,1H3,(H,16,19). The van der Waals surface area contributed by atoms with Crippen molar-refractivity contribution in [2.24, 2.45) is 0 Å². The van der Waals surface area contributed by atoms with Crippen molar-refractivity contribution in [3.63, 3.8) is 0 Å².